The number of hydrogen-bond acceptors (Lipinski definition) is 4. The number of rotatable bonds is 6. The molecule has 14 heteroatoms. The first-order valence-electron chi connectivity index (χ1n) is 10.2. The molecule has 0 amide bonds. The Morgan fingerprint density at radius 3 is 1.57 bits per heavy atom. The molecule has 3 N–H and O–H groups in total. The summed E-state index contributed by atoms with van der Waals surface area (Å²) < 4.78 is 103. The molecule has 0 heterocycles. The number of benzene rings is 2. The number of ether oxygens (including phenoxy) is 1. The van der Waals surface area contributed by atoms with Crippen LogP contribution in [0.2, 0.25) is 0 Å². The van der Waals surface area contributed by atoms with Crippen LogP contribution in [0.5, 0.6) is 5.75 Å². The lowest BCUT2D eigenvalue weighted by Crippen LogP contribution is -2.14. The maximum absolute atomic E-state index is 12.6. The second kappa shape index (κ2) is 14.4. The summed E-state index contributed by atoms with van der Waals surface area (Å²) in [5, 5.41) is 24.9. The fraction of sp³-hybridized carbons (Fsp3) is 0.391. The molecular formula is C23H24F8O6. The summed E-state index contributed by atoms with van der Waals surface area (Å²) in [7, 11) is 0. The number of carboxylic acid groups (broad SMARTS) is 2. The topological polar surface area (TPSA) is 104 Å². The number of aliphatic hydroxyl groups is 1. The first-order valence-corrected chi connectivity index (χ1v) is 10.2. The highest BCUT2D eigenvalue weighted by Crippen LogP contribution is 2.35. The van der Waals surface area contributed by atoms with Gasteiger partial charge < -0.3 is 20.1 Å². The third kappa shape index (κ3) is 12.4. The van der Waals surface area contributed by atoms with Crippen LogP contribution < -0.4 is 4.74 Å². The van der Waals surface area contributed by atoms with E-state index in [-0.39, 0.29) is 12.4 Å². The maximum Gasteiger partial charge on any atom is 0.417 e. The monoisotopic (exact) mass is 548 g/mol. The van der Waals surface area contributed by atoms with E-state index in [0.29, 0.717) is 11.6 Å². The molecule has 0 aliphatic rings. The standard InChI is InChI=1S/C11H10F4O3.C9H7F3O2.C3H7FO/c1-6(12)5-18-7-2-3-8(10(16)17)9(4-7)11(13,14)15;1-5-2-3-6(8(13)14)7(4-5)9(10,11)12;1-3(4)2-5/h2-4,6H,5H2,1H3,(H,16,17);2-4H,1H3,(H,13,14);3,5H,2H2,1H3/t6-;;3-/m1.1/s1. The molecule has 0 aliphatic heterocycles. The Balaban J connectivity index is 0.000000605. The third-order valence-corrected chi connectivity index (χ3v) is 3.97. The first-order chi connectivity index (χ1) is 16.8. The van der Waals surface area contributed by atoms with Crippen LogP contribution in [0.4, 0.5) is 35.1 Å². The van der Waals surface area contributed by atoms with Crippen molar-refractivity contribution in [1.82, 2.24) is 0 Å². The van der Waals surface area contributed by atoms with Crippen molar-refractivity contribution in [3.63, 3.8) is 0 Å². The van der Waals surface area contributed by atoms with Crippen LogP contribution in [-0.2, 0) is 12.4 Å². The summed E-state index contributed by atoms with van der Waals surface area (Å²) in [6, 6.07) is 5.50. The Bertz CT molecular complexity index is 1030. The lowest BCUT2D eigenvalue weighted by molar-refractivity contribution is -0.138. The van der Waals surface area contributed by atoms with E-state index in [0.717, 1.165) is 24.3 Å². The molecule has 0 radical (unpaired) electrons. The first kappa shape index (κ1) is 33.6. The highest BCUT2D eigenvalue weighted by atomic mass is 19.4. The smallest absolute Gasteiger partial charge is 0.417 e. The highest BCUT2D eigenvalue weighted by molar-refractivity contribution is 5.90. The average Bonchev–Trinajstić information content (AvgIpc) is 2.76. The zero-order valence-electron chi connectivity index (χ0n) is 19.6. The minimum Gasteiger partial charge on any atom is -0.491 e. The molecule has 2 rings (SSSR count). The highest BCUT2D eigenvalue weighted by Gasteiger charge is 2.36. The number of aliphatic hydroxyl groups excluding tert-OH is 1. The SMILES string of the molecule is C[C@@H](F)CO.C[C@@H](F)COc1ccc(C(=O)O)c(C(F)(F)F)c1.Cc1ccc(C(=O)O)c(C(F)(F)F)c1. The second-order valence-corrected chi connectivity index (χ2v) is 7.42. The van der Waals surface area contributed by atoms with Gasteiger partial charge in [-0.25, -0.2) is 18.4 Å². The lowest BCUT2D eigenvalue weighted by atomic mass is 10.0. The van der Waals surface area contributed by atoms with Gasteiger partial charge in [-0.15, -0.1) is 0 Å². The van der Waals surface area contributed by atoms with Crippen LogP contribution in [0.3, 0.4) is 0 Å². The van der Waals surface area contributed by atoms with E-state index < -0.39 is 65.5 Å². The van der Waals surface area contributed by atoms with E-state index in [1.165, 1.54) is 26.8 Å². The minimum absolute atomic E-state index is 0.225. The fourth-order valence-corrected chi connectivity index (χ4v) is 2.32. The Hall–Kier alpha value is -3.42. The zero-order valence-corrected chi connectivity index (χ0v) is 19.6. The summed E-state index contributed by atoms with van der Waals surface area (Å²) in [5.74, 6) is -3.48. The van der Waals surface area contributed by atoms with E-state index in [1.54, 1.807) is 0 Å². The van der Waals surface area contributed by atoms with Crippen LogP contribution in [0.1, 0.15) is 51.3 Å². The quantitative estimate of drug-likeness (QED) is 0.372. The number of aryl methyl sites for hydroxylation is 1. The van der Waals surface area contributed by atoms with Crippen molar-refractivity contribution in [2.75, 3.05) is 13.2 Å². The summed E-state index contributed by atoms with van der Waals surface area (Å²) in [5.41, 5.74) is -3.64. The van der Waals surface area contributed by atoms with Gasteiger partial charge in [-0.3, -0.25) is 0 Å². The van der Waals surface area contributed by atoms with Gasteiger partial charge in [-0.1, -0.05) is 11.6 Å². The van der Waals surface area contributed by atoms with E-state index in [9.17, 15) is 44.7 Å². The fourth-order valence-electron chi connectivity index (χ4n) is 2.32. The van der Waals surface area contributed by atoms with Crippen molar-refractivity contribution in [3.05, 3.63) is 64.2 Å². The van der Waals surface area contributed by atoms with Crippen LogP contribution in [0.25, 0.3) is 0 Å². The van der Waals surface area contributed by atoms with Crippen LogP contribution >= 0.6 is 0 Å². The van der Waals surface area contributed by atoms with Crippen LogP contribution in [0.15, 0.2) is 36.4 Å². The number of alkyl halides is 8. The molecule has 0 saturated carbocycles. The van der Waals surface area contributed by atoms with Crippen molar-refractivity contribution in [2.24, 2.45) is 0 Å². The summed E-state index contributed by atoms with van der Waals surface area (Å²) in [6.07, 6.45) is -11.8. The molecule has 37 heavy (non-hydrogen) atoms. The molecule has 6 nitrogen and oxygen atoms in total. The number of hydrogen-bond donors (Lipinski definition) is 3. The summed E-state index contributed by atoms with van der Waals surface area (Å²) in [6.45, 7) is 3.21. The molecule has 0 aromatic heterocycles. The van der Waals surface area contributed by atoms with Gasteiger partial charge in [-0.2, -0.15) is 26.3 Å². The van der Waals surface area contributed by atoms with Gasteiger partial charge in [0.1, 0.15) is 24.7 Å². The third-order valence-electron chi connectivity index (χ3n) is 3.97. The Morgan fingerprint density at radius 2 is 1.22 bits per heavy atom. The normalized spacial score (nSPS) is 12.8. The molecule has 0 unspecified atom stereocenters. The molecule has 2 aromatic rings. The van der Waals surface area contributed by atoms with E-state index in [2.05, 4.69) is 0 Å². The Labute approximate surface area is 206 Å². The Morgan fingerprint density at radius 1 is 0.811 bits per heavy atom. The lowest BCUT2D eigenvalue weighted by Gasteiger charge is -2.13. The van der Waals surface area contributed by atoms with Crippen molar-refractivity contribution < 1.29 is 64.8 Å². The van der Waals surface area contributed by atoms with Crippen molar-refractivity contribution >= 4 is 11.9 Å². The number of aromatic carboxylic acids is 2. The van der Waals surface area contributed by atoms with Gasteiger partial charge >= 0.3 is 24.3 Å². The molecule has 208 valence electrons. The van der Waals surface area contributed by atoms with E-state index in [4.69, 9.17) is 20.1 Å². The summed E-state index contributed by atoms with van der Waals surface area (Å²) >= 11 is 0. The predicted molar refractivity (Wildman–Crippen MR) is 115 cm³/mol. The van der Waals surface area contributed by atoms with E-state index >= 15 is 0 Å². The molecule has 0 saturated heterocycles. The van der Waals surface area contributed by atoms with Gasteiger partial charge in [0.15, 0.2) is 0 Å². The van der Waals surface area contributed by atoms with Crippen LogP contribution in [0, 0.1) is 6.92 Å². The molecule has 0 fully saturated rings. The minimum atomic E-state index is -4.81. The van der Waals surface area contributed by atoms with Gasteiger partial charge in [0, 0.05) is 0 Å². The molecule has 0 spiro atoms. The largest absolute Gasteiger partial charge is 0.491 e. The molecular weight excluding hydrogens is 524 g/mol. The van der Waals surface area contributed by atoms with Gasteiger partial charge in [0.25, 0.3) is 0 Å². The van der Waals surface area contributed by atoms with Crippen molar-refractivity contribution in [3.8, 4) is 5.75 Å². The molecule has 0 aliphatic carbocycles. The second-order valence-electron chi connectivity index (χ2n) is 7.42. The van der Waals surface area contributed by atoms with E-state index in [1.807, 2.05) is 0 Å². The zero-order chi connectivity index (χ0) is 29.1. The average molecular weight is 548 g/mol. The van der Waals surface area contributed by atoms with Gasteiger partial charge in [-0.05, 0) is 51.1 Å². The molecule has 0 bridgehead atoms. The number of carbonyl (C=O) groups is 2. The van der Waals surface area contributed by atoms with Gasteiger partial charge in [0.05, 0.1) is 28.9 Å². The van der Waals surface area contributed by atoms with Crippen molar-refractivity contribution in [1.29, 1.82) is 0 Å². The number of carboxylic acids is 2. The van der Waals surface area contributed by atoms with Gasteiger partial charge in [0.2, 0.25) is 0 Å². The predicted octanol–water partition coefficient (Wildman–Crippen LogP) is 6.19. The Kier molecular flexibility index (Phi) is 13.0. The van der Waals surface area contributed by atoms with Crippen LogP contribution in [-0.4, -0.2) is 52.8 Å². The molecule has 2 atom stereocenters. The summed E-state index contributed by atoms with van der Waals surface area (Å²) in [4.78, 5) is 21.1. The molecule has 2 aromatic carbocycles. The van der Waals surface area contributed by atoms with Crippen molar-refractivity contribution in [2.45, 2.75) is 45.5 Å². The maximum atomic E-state index is 12.6. The number of halogens is 8.